The number of anilines is 2. The summed E-state index contributed by atoms with van der Waals surface area (Å²) in [7, 11) is 0. The normalized spacial score (nSPS) is 14.1. The molecule has 17 heavy (non-hydrogen) atoms. The van der Waals surface area contributed by atoms with Crippen LogP contribution in [0.3, 0.4) is 0 Å². The third-order valence-corrected chi connectivity index (χ3v) is 2.67. The standard InChI is InChI=1S/C11H17N3O3/c1-3-11(2,15)7-13-9-6-4-5-8(12)10(9)14(16)17/h4-6,13,15H,3,7,12H2,1-2H3. The van der Waals surface area contributed by atoms with Crippen molar-refractivity contribution in [3.05, 3.63) is 28.3 Å². The number of nitro benzene ring substituents is 1. The molecule has 1 unspecified atom stereocenters. The summed E-state index contributed by atoms with van der Waals surface area (Å²) in [6.07, 6.45) is 0.552. The minimum Gasteiger partial charge on any atom is -0.393 e. The van der Waals surface area contributed by atoms with Crippen molar-refractivity contribution in [1.29, 1.82) is 0 Å². The first-order valence-electron chi connectivity index (χ1n) is 5.36. The molecule has 1 aromatic rings. The number of nitrogens with zero attached hydrogens (tertiary/aromatic N) is 1. The van der Waals surface area contributed by atoms with Crippen LogP contribution in [0.2, 0.25) is 0 Å². The molecular formula is C11H17N3O3. The van der Waals surface area contributed by atoms with Gasteiger partial charge < -0.3 is 16.2 Å². The summed E-state index contributed by atoms with van der Waals surface area (Å²) in [6, 6.07) is 4.67. The maximum Gasteiger partial charge on any atom is 0.314 e. The maximum absolute atomic E-state index is 10.9. The second kappa shape index (κ2) is 5.01. The van der Waals surface area contributed by atoms with E-state index < -0.39 is 10.5 Å². The van der Waals surface area contributed by atoms with Gasteiger partial charge in [0.2, 0.25) is 0 Å². The Balaban J connectivity index is 2.92. The first-order valence-corrected chi connectivity index (χ1v) is 5.36. The lowest BCUT2D eigenvalue weighted by Gasteiger charge is -2.22. The molecule has 0 fully saturated rings. The third-order valence-electron chi connectivity index (χ3n) is 2.67. The van der Waals surface area contributed by atoms with Crippen LogP contribution >= 0.6 is 0 Å². The quantitative estimate of drug-likeness (QED) is 0.413. The van der Waals surface area contributed by atoms with Crippen molar-refractivity contribution in [1.82, 2.24) is 0 Å². The first-order chi connectivity index (χ1) is 7.87. The molecule has 1 aromatic carbocycles. The molecule has 6 nitrogen and oxygen atoms in total. The number of nitrogen functional groups attached to an aromatic ring is 1. The van der Waals surface area contributed by atoms with E-state index in [1.807, 2.05) is 6.92 Å². The Morgan fingerprint density at radius 3 is 2.76 bits per heavy atom. The Kier molecular flexibility index (Phi) is 3.90. The molecule has 0 heterocycles. The lowest BCUT2D eigenvalue weighted by Crippen LogP contribution is -2.32. The third kappa shape index (κ3) is 3.32. The van der Waals surface area contributed by atoms with E-state index in [0.29, 0.717) is 12.1 Å². The van der Waals surface area contributed by atoms with Crippen LogP contribution in [0.15, 0.2) is 18.2 Å². The summed E-state index contributed by atoms with van der Waals surface area (Å²) in [5, 5.41) is 23.5. The van der Waals surface area contributed by atoms with Gasteiger partial charge in [-0.1, -0.05) is 13.0 Å². The molecule has 0 radical (unpaired) electrons. The molecule has 0 saturated heterocycles. The van der Waals surface area contributed by atoms with Gasteiger partial charge in [0.05, 0.1) is 10.5 Å². The van der Waals surface area contributed by atoms with E-state index in [1.165, 1.54) is 6.07 Å². The second-order valence-electron chi connectivity index (χ2n) is 4.20. The van der Waals surface area contributed by atoms with Crippen LogP contribution in [0.4, 0.5) is 17.1 Å². The van der Waals surface area contributed by atoms with Gasteiger partial charge in [-0.3, -0.25) is 10.1 Å². The number of aliphatic hydroxyl groups is 1. The van der Waals surface area contributed by atoms with E-state index >= 15 is 0 Å². The lowest BCUT2D eigenvalue weighted by molar-refractivity contribution is -0.383. The monoisotopic (exact) mass is 239 g/mol. The Labute approximate surface area is 99.6 Å². The molecule has 0 aliphatic carbocycles. The smallest absolute Gasteiger partial charge is 0.314 e. The fraction of sp³-hybridized carbons (Fsp3) is 0.455. The van der Waals surface area contributed by atoms with Crippen LogP contribution in [0.1, 0.15) is 20.3 Å². The molecule has 1 rings (SSSR count). The highest BCUT2D eigenvalue weighted by molar-refractivity contribution is 5.74. The number of hydrogen-bond donors (Lipinski definition) is 3. The van der Waals surface area contributed by atoms with Crippen molar-refractivity contribution in [3.8, 4) is 0 Å². The Hall–Kier alpha value is -1.82. The van der Waals surface area contributed by atoms with Crippen molar-refractivity contribution in [2.24, 2.45) is 0 Å². The summed E-state index contributed by atoms with van der Waals surface area (Å²) in [4.78, 5) is 10.3. The maximum atomic E-state index is 10.9. The molecule has 0 saturated carbocycles. The van der Waals surface area contributed by atoms with Crippen LogP contribution in [0.25, 0.3) is 0 Å². The van der Waals surface area contributed by atoms with E-state index in [9.17, 15) is 15.2 Å². The molecule has 0 aromatic heterocycles. The number of nitrogens with one attached hydrogen (secondary N) is 1. The van der Waals surface area contributed by atoms with Crippen LogP contribution in [-0.2, 0) is 0 Å². The van der Waals surface area contributed by atoms with Crippen LogP contribution < -0.4 is 11.1 Å². The van der Waals surface area contributed by atoms with Gasteiger partial charge in [0, 0.05) is 6.54 Å². The minimum absolute atomic E-state index is 0.108. The topological polar surface area (TPSA) is 101 Å². The predicted molar refractivity (Wildman–Crippen MR) is 66.9 cm³/mol. The summed E-state index contributed by atoms with van der Waals surface area (Å²) < 4.78 is 0. The Bertz CT molecular complexity index is 418. The highest BCUT2D eigenvalue weighted by Crippen LogP contribution is 2.30. The van der Waals surface area contributed by atoms with Crippen LogP contribution in [-0.4, -0.2) is 22.2 Å². The largest absolute Gasteiger partial charge is 0.393 e. The Morgan fingerprint density at radius 1 is 1.59 bits per heavy atom. The SMILES string of the molecule is CCC(C)(O)CNc1cccc(N)c1[N+](=O)[O-]. The lowest BCUT2D eigenvalue weighted by atomic mass is 10.0. The average molecular weight is 239 g/mol. The molecular weight excluding hydrogens is 222 g/mol. The van der Waals surface area contributed by atoms with Crippen molar-refractivity contribution in [3.63, 3.8) is 0 Å². The average Bonchev–Trinajstić information content (AvgIpc) is 2.26. The summed E-state index contributed by atoms with van der Waals surface area (Å²) in [6.45, 7) is 3.74. The number of benzene rings is 1. The van der Waals surface area contributed by atoms with Gasteiger partial charge in [-0.15, -0.1) is 0 Å². The van der Waals surface area contributed by atoms with Crippen molar-refractivity contribution in [2.75, 3.05) is 17.6 Å². The molecule has 0 bridgehead atoms. The highest BCUT2D eigenvalue weighted by atomic mass is 16.6. The van der Waals surface area contributed by atoms with Crippen LogP contribution in [0.5, 0.6) is 0 Å². The second-order valence-corrected chi connectivity index (χ2v) is 4.20. The number of rotatable bonds is 5. The molecule has 94 valence electrons. The fourth-order valence-corrected chi connectivity index (χ4v) is 1.32. The number of nitrogens with two attached hydrogens (primary N) is 1. The van der Waals surface area contributed by atoms with Gasteiger partial charge in [0.15, 0.2) is 0 Å². The van der Waals surface area contributed by atoms with E-state index in [1.54, 1.807) is 19.1 Å². The number of hydrogen-bond acceptors (Lipinski definition) is 5. The molecule has 6 heteroatoms. The Morgan fingerprint density at radius 2 is 2.24 bits per heavy atom. The van der Waals surface area contributed by atoms with Crippen molar-refractivity contribution in [2.45, 2.75) is 25.9 Å². The molecule has 0 aliphatic rings. The van der Waals surface area contributed by atoms with Gasteiger partial charge in [-0.05, 0) is 25.5 Å². The summed E-state index contributed by atoms with van der Waals surface area (Å²) >= 11 is 0. The molecule has 0 spiro atoms. The van der Waals surface area contributed by atoms with Crippen molar-refractivity contribution >= 4 is 17.1 Å². The predicted octanol–water partition coefficient (Wildman–Crippen LogP) is 1.75. The first kappa shape index (κ1) is 13.2. The van der Waals surface area contributed by atoms with Gasteiger partial charge >= 0.3 is 5.69 Å². The molecule has 1 atom stereocenters. The van der Waals surface area contributed by atoms with E-state index in [0.717, 1.165) is 0 Å². The van der Waals surface area contributed by atoms with E-state index in [-0.39, 0.29) is 17.9 Å². The zero-order chi connectivity index (χ0) is 13.1. The zero-order valence-corrected chi connectivity index (χ0v) is 9.93. The van der Waals surface area contributed by atoms with E-state index in [4.69, 9.17) is 5.73 Å². The summed E-state index contributed by atoms with van der Waals surface area (Å²) in [5.41, 5.74) is 4.92. The highest BCUT2D eigenvalue weighted by Gasteiger charge is 2.21. The fourth-order valence-electron chi connectivity index (χ4n) is 1.32. The van der Waals surface area contributed by atoms with E-state index in [2.05, 4.69) is 5.32 Å². The van der Waals surface area contributed by atoms with Crippen LogP contribution in [0, 0.1) is 10.1 Å². The van der Waals surface area contributed by atoms with Gasteiger partial charge in [-0.25, -0.2) is 0 Å². The zero-order valence-electron chi connectivity index (χ0n) is 9.93. The molecule has 4 N–H and O–H groups in total. The van der Waals surface area contributed by atoms with Gasteiger partial charge in [-0.2, -0.15) is 0 Å². The molecule has 0 amide bonds. The minimum atomic E-state index is -0.904. The number of nitro groups is 1. The van der Waals surface area contributed by atoms with Crippen molar-refractivity contribution < 1.29 is 10.0 Å². The van der Waals surface area contributed by atoms with Gasteiger partial charge in [0.1, 0.15) is 11.4 Å². The number of para-hydroxylation sites is 1. The van der Waals surface area contributed by atoms with Gasteiger partial charge in [0.25, 0.3) is 0 Å². The summed E-state index contributed by atoms with van der Waals surface area (Å²) in [5.74, 6) is 0. The molecule has 0 aliphatic heterocycles.